The first-order chi connectivity index (χ1) is 15.3. The van der Waals surface area contributed by atoms with Gasteiger partial charge in [-0.05, 0) is 68.0 Å². The number of azo groups is 1. The molecule has 164 valence electrons. The molecule has 6 nitrogen and oxygen atoms in total. The number of benzene rings is 1. The molecule has 0 saturated carbocycles. The van der Waals surface area contributed by atoms with Crippen molar-refractivity contribution >= 4 is 5.91 Å². The van der Waals surface area contributed by atoms with Gasteiger partial charge in [0.15, 0.2) is 6.17 Å². The monoisotopic (exact) mass is 427 g/mol. The molecule has 2 N–H and O–H groups in total. The third-order valence-corrected chi connectivity index (χ3v) is 7.00. The summed E-state index contributed by atoms with van der Waals surface area (Å²) >= 11 is 0. The van der Waals surface area contributed by atoms with E-state index in [9.17, 15) is 4.79 Å². The Labute approximate surface area is 188 Å². The number of carbonyl (C=O) groups excluding carboxylic acids is 1. The standard InChI is InChI=1S/C26H29N5O/c1-6-26(18-9-7-8-17(10-18)21-15(2)12-27-13-16(21)3)19-14-28-31-23(19)29-20-11-25(4,5)30-24(32)22(20)26/h7-10,12-14,23,29H,6,11H2,1-5H3,(H,30,32)/t23?,26-/m1/s1. The first-order valence-electron chi connectivity index (χ1n) is 11.2. The highest BCUT2D eigenvalue weighted by atomic mass is 16.2. The van der Waals surface area contributed by atoms with Gasteiger partial charge in [0.1, 0.15) is 0 Å². The van der Waals surface area contributed by atoms with Crippen LogP contribution in [0.4, 0.5) is 0 Å². The lowest BCUT2D eigenvalue weighted by molar-refractivity contribution is -0.120. The van der Waals surface area contributed by atoms with Crippen LogP contribution in [0.25, 0.3) is 11.1 Å². The van der Waals surface area contributed by atoms with Gasteiger partial charge in [-0.3, -0.25) is 9.78 Å². The molecule has 0 aliphatic carbocycles. The second kappa shape index (κ2) is 7.12. The Kier molecular flexibility index (Phi) is 4.59. The molecular weight excluding hydrogens is 398 g/mol. The summed E-state index contributed by atoms with van der Waals surface area (Å²) in [5.74, 6) is -0.0153. The van der Waals surface area contributed by atoms with Crippen LogP contribution in [-0.2, 0) is 10.2 Å². The summed E-state index contributed by atoms with van der Waals surface area (Å²) in [5, 5.41) is 15.4. The molecule has 1 unspecified atom stereocenters. The van der Waals surface area contributed by atoms with Crippen LogP contribution in [0, 0.1) is 13.8 Å². The fourth-order valence-corrected chi connectivity index (χ4v) is 5.70. The van der Waals surface area contributed by atoms with Gasteiger partial charge < -0.3 is 10.6 Å². The van der Waals surface area contributed by atoms with Crippen LogP contribution in [0.3, 0.4) is 0 Å². The summed E-state index contributed by atoms with van der Waals surface area (Å²) in [6.07, 6.45) is 6.89. The van der Waals surface area contributed by atoms with Gasteiger partial charge in [-0.1, -0.05) is 25.1 Å². The van der Waals surface area contributed by atoms with Crippen LogP contribution in [0.5, 0.6) is 0 Å². The van der Waals surface area contributed by atoms with Crippen molar-refractivity contribution in [2.45, 2.75) is 64.6 Å². The molecule has 1 aromatic carbocycles. The third-order valence-electron chi connectivity index (χ3n) is 7.00. The molecule has 1 aromatic heterocycles. The highest BCUT2D eigenvalue weighted by molar-refractivity contribution is 6.00. The van der Waals surface area contributed by atoms with E-state index < -0.39 is 5.41 Å². The van der Waals surface area contributed by atoms with E-state index >= 15 is 0 Å². The van der Waals surface area contributed by atoms with Crippen molar-refractivity contribution in [1.29, 1.82) is 0 Å². The van der Waals surface area contributed by atoms with Gasteiger partial charge in [-0.2, -0.15) is 10.2 Å². The number of amides is 1. The van der Waals surface area contributed by atoms with Gasteiger partial charge >= 0.3 is 0 Å². The Bertz CT molecular complexity index is 1200. The smallest absolute Gasteiger partial charge is 0.250 e. The van der Waals surface area contributed by atoms with E-state index in [1.165, 1.54) is 5.56 Å². The van der Waals surface area contributed by atoms with Crippen LogP contribution in [0.15, 0.2) is 69.9 Å². The number of hydrogen-bond acceptors (Lipinski definition) is 5. The quantitative estimate of drug-likeness (QED) is 0.735. The third kappa shape index (κ3) is 2.93. The number of fused-ring (bicyclic) bond motifs is 1. The topological polar surface area (TPSA) is 78.7 Å². The van der Waals surface area contributed by atoms with E-state index in [0.717, 1.165) is 51.9 Å². The van der Waals surface area contributed by atoms with E-state index in [1.807, 2.05) is 18.6 Å². The second-order valence-electron chi connectivity index (χ2n) is 9.72. The number of rotatable bonds is 3. The lowest BCUT2D eigenvalue weighted by Gasteiger charge is -2.48. The van der Waals surface area contributed by atoms with Gasteiger partial charge in [-0.15, -0.1) is 0 Å². The first kappa shape index (κ1) is 20.6. The number of carbonyl (C=O) groups is 1. The summed E-state index contributed by atoms with van der Waals surface area (Å²) in [7, 11) is 0. The van der Waals surface area contributed by atoms with Crippen LogP contribution in [0.1, 0.15) is 50.3 Å². The van der Waals surface area contributed by atoms with E-state index in [0.29, 0.717) is 0 Å². The zero-order valence-corrected chi connectivity index (χ0v) is 19.3. The number of aromatic nitrogens is 1. The molecule has 4 heterocycles. The van der Waals surface area contributed by atoms with Crippen LogP contribution in [0.2, 0.25) is 0 Å². The lowest BCUT2D eigenvalue weighted by Crippen LogP contribution is -2.58. The Balaban J connectivity index is 1.76. The molecule has 3 aliphatic rings. The number of nitrogens with zero attached hydrogens (tertiary/aromatic N) is 3. The molecule has 32 heavy (non-hydrogen) atoms. The highest BCUT2D eigenvalue weighted by Gasteiger charge is 2.53. The number of hydrogen-bond donors (Lipinski definition) is 2. The van der Waals surface area contributed by atoms with Crippen LogP contribution in [-0.4, -0.2) is 22.6 Å². The lowest BCUT2D eigenvalue weighted by atomic mass is 9.62. The van der Waals surface area contributed by atoms with Gasteiger partial charge in [0.25, 0.3) is 5.91 Å². The normalized spacial score (nSPS) is 25.6. The van der Waals surface area contributed by atoms with Gasteiger partial charge in [0, 0.05) is 35.6 Å². The maximum absolute atomic E-state index is 13.5. The minimum absolute atomic E-state index is 0.0153. The van der Waals surface area contributed by atoms with Crippen molar-refractivity contribution in [3.63, 3.8) is 0 Å². The second-order valence-corrected chi connectivity index (χ2v) is 9.72. The van der Waals surface area contributed by atoms with E-state index in [-0.39, 0.29) is 17.6 Å². The molecule has 3 aliphatic heterocycles. The fraction of sp³-hybridized carbons (Fsp3) is 0.385. The average molecular weight is 428 g/mol. The zero-order chi connectivity index (χ0) is 22.7. The molecule has 5 rings (SSSR count). The molecule has 0 bridgehead atoms. The van der Waals surface area contributed by atoms with Crippen molar-refractivity contribution < 1.29 is 4.79 Å². The predicted octanol–water partition coefficient (Wildman–Crippen LogP) is 4.84. The zero-order valence-electron chi connectivity index (χ0n) is 19.3. The van der Waals surface area contributed by atoms with Crippen molar-refractivity contribution in [2.24, 2.45) is 10.2 Å². The SMILES string of the molecule is CC[C@@]1(c2cccc(-c3c(C)cncc3C)c2)C2=CN=NC2NC2=C1C(=O)NC(C)(C)C2. The number of aryl methyl sites for hydroxylation is 2. The van der Waals surface area contributed by atoms with Crippen LogP contribution < -0.4 is 10.6 Å². The predicted molar refractivity (Wildman–Crippen MR) is 125 cm³/mol. The molecule has 2 atom stereocenters. The highest BCUT2D eigenvalue weighted by Crippen LogP contribution is 2.51. The maximum atomic E-state index is 13.5. The summed E-state index contributed by atoms with van der Waals surface area (Å²) in [6.45, 7) is 10.4. The molecular formula is C26H29N5O. The van der Waals surface area contributed by atoms with Gasteiger partial charge in [0.05, 0.1) is 17.2 Å². The Morgan fingerprint density at radius 1 is 1.16 bits per heavy atom. The first-order valence-corrected chi connectivity index (χ1v) is 11.2. The Hall–Kier alpha value is -3.28. The van der Waals surface area contributed by atoms with Gasteiger partial charge in [-0.25, -0.2) is 0 Å². The molecule has 0 saturated heterocycles. The number of nitrogens with one attached hydrogen (secondary N) is 2. The Morgan fingerprint density at radius 2 is 1.91 bits per heavy atom. The summed E-state index contributed by atoms with van der Waals surface area (Å²) in [6, 6.07) is 8.60. The molecule has 0 fully saturated rings. The van der Waals surface area contributed by atoms with Crippen molar-refractivity contribution in [1.82, 2.24) is 15.6 Å². The van der Waals surface area contributed by atoms with E-state index in [4.69, 9.17) is 0 Å². The van der Waals surface area contributed by atoms with Crippen molar-refractivity contribution in [3.8, 4) is 11.1 Å². The fourth-order valence-electron chi connectivity index (χ4n) is 5.70. The van der Waals surface area contributed by atoms with Crippen LogP contribution >= 0.6 is 0 Å². The Morgan fingerprint density at radius 3 is 2.62 bits per heavy atom. The summed E-state index contributed by atoms with van der Waals surface area (Å²) in [4.78, 5) is 17.9. The van der Waals surface area contributed by atoms with E-state index in [2.05, 4.69) is 84.7 Å². The molecule has 1 amide bonds. The minimum Gasteiger partial charge on any atom is -0.362 e. The summed E-state index contributed by atoms with van der Waals surface area (Å²) in [5.41, 5.74) is 7.61. The van der Waals surface area contributed by atoms with Crippen molar-refractivity contribution in [2.75, 3.05) is 0 Å². The molecule has 0 radical (unpaired) electrons. The largest absolute Gasteiger partial charge is 0.362 e. The molecule has 6 heteroatoms. The maximum Gasteiger partial charge on any atom is 0.250 e. The molecule has 2 aromatic rings. The van der Waals surface area contributed by atoms with Gasteiger partial charge in [0.2, 0.25) is 0 Å². The minimum atomic E-state index is -0.583. The van der Waals surface area contributed by atoms with Crippen molar-refractivity contribution in [3.05, 3.63) is 76.4 Å². The average Bonchev–Trinajstić information content (AvgIpc) is 3.20. The van der Waals surface area contributed by atoms with E-state index in [1.54, 1.807) is 0 Å². The summed E-state index contributed by atoms with van der Waals surface area (Å²) < 4.78 is 0. The number of pyridine rings is 1. The molecule has 0 spiro atoms.